The van der Waals surface area contributed by atoms with Gasteiger partial charge in [0.15, 0.2) is 11.0 Å². The van der Waals surface area contributed by atoms with E-state index in [-0.39, 0.29) is 18.3 Å². The third kappa shape index (κ3) is 5.04. The number of rotatable bonds is 7. The fourth-order valence-electron chi connectivity index (χ4n) is 2.44. The Balaban J connectivity index is 1.91. The van der Waals surface area contributed by atoms with Gasteiger partial charge in [0.25, 0.3) is 0 Å². The van der Waals surface area contributed by atoms with Gasteiger partial charge < -0.3 is 5.32 Å². The van der Waals surface area contributed by atoms with Gasteiger partial charge in [-0.3, -0.25) is 9.36 Å². The first-order chi connectivity index (χ1) is 13.5. The second-order valence-electron chi connectivity index (χ2n) is 5.88. The third-order valence-corrected chi connectivity index (χ3v) is 5.43. The van der Waals surface area contributed by atoms with Crippen molar-refractivity contribution in [3.8, 4) is 5.69 Å². The molecule has 0 spiro atoms. The molecule has 1 aromatic heterocycles. The highest BCUT2D eigenvalue weighted by Gasteiger charge is 2.17. The Labute approximate surface area is 176 Å². The quantitative estimate of drug-likeness (QED) is 0.525. The number of amides is 1. The minimum atomic E-state index is -0.279. The Morgan fingerprint density at radius 1 is 1.18 bits per heavy atom. The maximum atomic E-state index is 13.1. The Kier molecular flexibility index (Phi) is 6.93. The van der Waals surface area contributed by atoms with Crippen LogP contribution in [0.1, 0.15) is 24.7 Å². The van der Waals surface area contributed by atoms with Crippen LogP contribution >= 0.6 is 35.0 Å². The minimum Gasteiger partial charge on any atom is -0.349 e. The van der Waals surface area contributed by atoms with Gasteiger partial charge in [0, 0.05) is 17.2 Å². The number of halogens is 3. The molecule has 0 radical (unpaired) electrons. The lowest BCUT2D eigenvalue weighted by molar-refractivity contribution is -0.120. The second-order valence-corrected chi connectivity index (χ2v) is 7.66. The Morgan fingerprint density at radius 3 is 2.61 bits per heavy atom. The predicted octanol–water partition coefficient (Wildman–Crippen LogP) is 5.03. The highest BCUT2D eigenvalue weighted by molar-refractivity contribution is 7.98. The largest absolute Gasteiger partial charge is 0.349 e. The van der Waals surface area contributed by atoms with Gasteiger partial charge in [-0.2, -0.15) is 0 Å². The molecule has 1 N–H and O–H groups in total. The van der Waals surface area contributed by atoms with Gasteiger partial charge in [0.2, 0.25) is 5.91 Å². The number of carbonyl (C=O) groups excluding carboxylic acids is 1. The lowest BCUT2D eigenvalue weighted by Crippen LogP contribution is -2.23. The summed E-state index contributed by atoms with van der Waals surface area (Å²) >= 11 is 13.8. The second kappa shape index (κ2) is 9.41. The van der Waals surface area contributed by atoms with Crippen molar-refractivity contribution in [3.05, 3.63) is 69.7 Å². The summed E-state index contributed by atoms with van der Waals surface area (Å²) in [5.41, 5.74) is 1.61. The smallest absolute Gasteiger partial charge is 0.220 e. The predicted molar refractivity (Wildman–Crippen MR) is 109 cm³/mol. The van der Waals surface area contributed by atoms with Gasteiger partial charge >= 0.3 is 0 Å². The molecule has 0 aliphatic heterocycles. The Morgan fingerprint density at radius 2 is 1.93 bits per heavy atom. The molecule has 9 heteroatoms. The lowest BCUT2D eigenvalue weighted by atomic mass is 10.2. The number of thioether (sulfide) groups is 1. The highest BCUT2D eigenvalue weighted by Crippen LogP contribution is 2.30. The van der Waals surface area contributed by atoms with Gasteiger partial charge in [-0.25, -0.2) is 4.39 Å². The normalized spacial score (nSPS) is 10.9. The number of nitrogens with zero attached hydrogens (tertiary/aromatic N) is 3. The molecular weight excluding hydrogens is 422 g/mol. The molecule has 3 rings (SSSR count). The van der Waals surface area contributed by atoms with Crippen molar-refractivity contribution >= 4 is 40.9 Å². The first-order valence-corrected chi connectivity index (χ1v) is 10.3. The van der Waals surface area contributed by atoms with E-state index in [0.717, 1.165) is 5.56 Å². The SMILES string of the molecule is CCC(=O)NCc1nnc(SCc2ccc(F)cc2)n1-c1ccc(Cl)cc1Cl. The number of hydrogen-bond donors (Lipinski definition) is 1. The third-order valence-electron chi connectivity index (χ3n) is 3.90. The molecule has 0 aliphatic rings. The van der Waals surface area contributed by atoms with Crippen LogP contribution in [0, 0.1) is 5.82 Å². The van der Waals surface area contributed by atoms with Gasteiger partial charge in [-0.1, -0.05) is 54.0 Å². The van der Waals surface area contributed by atoms with Crippen LogP contribution in [0.4, 0.5) is 4.39 Å². The fourth-order valence-corrected chi connectivity index (χ4v) is 3.86. The molecule has 3 aromatic rings. The molecule has 1 heterocycles. The average Bonchev–Trinajstić information content (AvgIpc) is 3.08. The van der Waals surface area contributed by atoms with E-state index in [1.54, 1.807) is 41.8 Å². The first kappa shape index (κ1) is 20.6. The summed E-state index contributed by atoms with van der Waals surface area (Å²) in [7, 11) is 0. The van der Waals surface area contributed by atoms with E-state index < -0.39 is 0 Å². The summed E-state index contributed by atoms with van der Waals surface area (Å²) in [4.78, 5) is 11.6. The van der Waals surface area contributed by atoms with Gasteiger partial charge in [-0.15, -0.1) is 10.2 Å². The van der Waals surface area contributed by atoms with Crippen LogP contribution in [-0.4, -0.2) is 20.7 Å². The molecule has 0 saturated carbocycles. The van der Waals surface area contributed by atoms with E-state index >= 15 is 0 Å². The van der Waals surface area contributed by atoms with Crippen LogP contribution in [0.3, 0.4) is 0 Å². The summed E-state index contributed by atoms with van der Waals surface area (Å²) in [6, 6.07) is 11.4. The maximum absolute atomic E-state index is 13.1. The van der Waals surface area contributed by atoms with Crippen LogP contribution in [-0.2, 0) is 17.1 Å². The van der Waals surface area contributed by atoms with Crippen molar-refractivity contribution in [1.29, 1.82) is 0 Å². The van der Waals surface area contributed by atoms with E-state index in [4.69, 9.17) is 23.2 Å². The highest BCUT2D eigenvalue weighted by atomic mass is 35.5. The molecule has 0 bridgehead atoms. The molecule has 0 aliphatic carbocycles. The Bertz CT molecular complexity index is 979. The van der Waals surface area contributed by atoms with Crippen LogP contribution in [0.15, 0.2) is 47.6 Å². The zero-order chi connectivity index (χ0) is 20.1. The van der Waals surface area contributed by atoms with Crippen molar-refractivity contribution < 1.29 is 9.18 Å². The summed E-state index contributed by atoms with van der Waals surface area (Å²) < 4.78 is 14.9. The van der Waals surface area contributed by atoms with Gasteiger partial charge in [0.1, 0.15) is 5.82 Å². The van der Waals surface area contributed by atoms with Crippen LogP contribution in [0.2, 0.25) is 10.0 Å². The Hall–Kier alpha value is -2.09. The molecule has 2 aromatic carbocycles. The van der Waals surface area contributed by atoms with Gasteiger partial charge in [-0.05, 0) is 35.9 Å². The van der Waals surface area contributed by atoms with Crippen molar-refractivity contribution in [2.75, 3.05) is 0 Å². The number of benzene rings is 2. The van der Waals surface area contributed by atoms with Crippen molar-refractivity contribution in [2.45, 2.75) is 30.8 Å². The van der Waals surface area contributed by atoms with E-state index in [2.05, 4.69) is 15.5 Å². The molecule has 0 unspecified atom stereocenters. The fraction of sp³-hybridized carbons (Fsp3) is 0.211. The summed E-state index contributed by atoms with van der Waals surface area (Å²) in [6.07, 6.45) is 0.377. The van der Waals surface area contributed by atoms with Crippen molar-refractivity contribution in [2.24, 2.45) is 0 Å². The molecule has 5 nitrogen and oxygen atoms in total. The zero-order valence-electron chi connectivity index (χ0n) is 15.0. The van der Waals surface area contributed by atoms with Crippen LogP contribution in [0.5, 0.6) is 0 Å². The zero-order valence-corrected chi connectivity index (χ0v) is 17.3. The van der Waals surface area contributed by atoms with E-state index in [0.29, 0.717) is 38.9 Å². The standard InChI is InChI=1S/C19H17Cl2FN4OS/c1-2-18(27)23-10-17-24-25-19(28-11-12-3-6-14(22)7-4-12)26(17)16-8-5-13(20)9-15(16)21/h3-9H,2,10-11H2,1H3,(H,23,27). The van der Waals surface area contributed by atoms with E-state index in [1.165, 1.54) is 23.9 Å². The number of aromatic nitrogens is 3. The number of hydrogen-bond acceptors (Lipinski definition) is 4. The molecule has 28 heavy (non-hydrogen) atoms. The number of nitrogens with one attached hydrogen (secondary N) is 1. The van der Waals surface area contributed by atoms with Crippen molar-refractivity contribution in [1.82, 2.24) is 20.1 Å². The summed E-state index contributed by atoms with van der Waals surface area (Å²) in [5.74, 6) is 0.758. The molecule has 0 atom stereocenters. The molecule has 146 valence electrons. The summed E-state index contributed by atoms with van der Waals surface area (Å²) in [6.45, 7) is 2.00. The average molecular weight is 439 g/mol. The van der Waals surface area contributed by atoms with Crippen LogP contribution in [0.25, 0.3) is 5.69 Å². The molecule has 0 saturated heterocycles. The van der Waals surface area contributed by atoms with E-state index in [9.17, 15) is 9.18 Å². The minimum absolute atomic E-state index is 0.0859. The molecule has 0 fully saturated rings. The molecular formula is C19H17Cl2FN4OS. The van der Waals surface area contributed by atoms with Crippen molar-refractivity contribution in [3.63, 3.8) is 0 Å². The van der Waals surface area contributed by atoms with Gasteiger partial charge in [0.05, 0.1) is 17.3 Å². The first-order valence-electron chi connectivity index (χ1n) is 8.51. The molecule has 1 amide bonds. The number of carbonyl (C=O) groups is 1. The lowest BCUT2D eigenvalue weighted by Gasteiger charge is -2.12. The monoisotopic (exact) mass is 438 g/mol. The summed E-state index contributed by atoms with van der Waals surface area (Å²) in [5, 5.41) is 12.8. The van der Waals surface area contributed by atoms with E-state index in [1.807, 2.05) is 0 Å². The van der Waals surface area contributed by atoms with Crippen LogP contribution < -0.4 is 5.32 Å². The topological polar surface area (TPSA) is 59.8 Å². The maximum Gasteiger partial charge on any atom is 0.220 e.